The molecule has 1 aromatic carbocycles. The van der Waals surface area contributed by atoms with Crippen molar-refractivity contribution in [3.8, 4) is 0 Å². The lowest BCUT2D eigenvalue weighted by Gasteiger charge is -2.17. The van der Waals surface area contributed by atoms with E-state index in [1.54, 1.807) is 13.8 Å². The number of carboxylic acid groups (broad SMARTS) is 1. The Hall–Kier alpha value is -1.44. The zero-order chi connectivity index (χ0) is 15.5. The molecule has 0 aliphatic rings. The molecule has 3 N–H and O–H groups in total. The van der Waals surface area contributed by atoms with Crippen LogP contribution in [0.5, 0.6) is 0 Å². The fourth-order valence-corrected chi connectivity index (χ4v) is 3.55. The molecule has 0 fully saturated rings. The molecule has 6 nitrogen and oxygen atoms in total. The third-order valence-corrected chi connectivity index (χ3v) is 4.59. The molecule has 0 saturated heterocycles. The van der Waals surface area contributed by atoms with Crippen molar-refractivity contribution in [2.45, 2.75) is 44.2 Å². The Morgan fingerprint density at radius 2 is 1.95 bits per heavy atom. The minimum Gasteiger partial charge on any atom is -0.478 e. The number of aliphatic hydroxyl groups excluding tert-OH is 1. The topological polar surface area (TPSA) is 104 Å². The number of carbonyl (C=O) groups is 1. The molecule has 0 saturated carbocycles. The summed E-state index contributed by atoms with van der Waals surface area (Å²) >= 11 is 0. The van der Waals surface area contributed by atoms with Crippen molar-refractivity contribution in [1.82, 2.24) is 4.72 Å². The van der Waals surface area contributed by atoms with Gasteiger partial charge in [-0.05, 0) is 44.9 Å². The summed E-state index contributed by atoms with van der Waals surface area (Å²) in [4.78, 5) is 11.0. The fourth-order valence-electron chi connectivity index (χ4n) is 2.03. The molecule has 0 aromatic heterocycles. The molecule has 0 radical (unpaired) electrons. The predicted molar refractivity (Wildman–Crippen MR) is 74.2 cm³/mol. The maximum Gasteiger partial charge on any atom is 0.335 e. The number of sulfonamides is 1. The van der Waals surface area contributed by atoms with Crippen LogP contribution < -0.4 is 4.72 Å². The number of hydrogen-bond donors (Lipinski definition) is 3. The van der Waals surface area contributed by atoms with Gasteiger partial charge < -0.3 is 10.2 Å². The highest BCUT2D eigenvalue weighted by molar-refractivity contribution is 7.89. The number of aromatic carboxylic acids is 1. The van der Waals surface area contributed by atoms with E-state index < -0.39 is 28.1 Å². The molecule has 0 aliphatic carbocycles. The molecule has 20 heavy (non-hydrogen) atoms. The maximum atomic E-state index is 12.2. The van der Waals surface area contributed by atoms with Gasteiger partial charge in [0, 0.05) is 6.04 Å². The minimum absolute atomic E-state index is 0.0453. The van der Waals surface area contributed by atoms with Crippen LogP contribution in [0.4, 0.5) is 0 Å². The molecule has 0 spiro atoms. The molecular formula is C13H19NO5S. The molecule has 0 heterocycles. The van der Waals surface area contributed by atoms with Gasteiger partial charge in [0.2, 0.25) is 10.0 Å². The van der Waals surface area contributed by atoms with Crippen molar-refractivity contribution in [2.24, 2.45) is 0 Å². The first-order chi connectivity index (χ1) is 9.15. The average molecular weight is 301 g/mol. The van der Waals surface area contributed by atoms with E-state index in [1.807, 2.05) is 0 Å². The Morgan fingerprint density at radius 1 is 1.35 bits per heavy atom. The quantitative estimate of drug-likeness (QED) is 0.730. The van der Waals surface area contributed by atoms with Crippen molar-refractivity contribution in [2.75, 3.05) is 0 Å². The zero-order valence-corrected chi connectivity index (χ0v) is 12.4. The van der Waals surface area contributed by atoms with Gasteiger partial charge in [0.25, 0.3) is 0 Å². The third kappa shape index (κ3) is 4.03. The van der Waals surface area contributed by atoms with Crippen LogP contribution in [0.25, 0.3) is 0 Å². The van der Waals surface area contributed by atoms with E-state index in [-0.39, 0.29) is 22.4 Å². The van der Waals surface area contributed by atoms with Gasteiger partial charge in [-0.25, -0.2) is 17.9 Å². The number of benzene rings is 1. The first kappa shape index (κ1) is 16.6. The maximum absolute atomic E-state index is 12.2. The van der Waals surface area contributed by atoms with Crippen molar-refractivity contribution >= 4 is 16.0 Å². The van der Waals surface area contributed by atoms with E-state index >= 15 is 0 Å². The zero-order valence-electron chi connectivity index (χ0n) is 11.6. The summed E-state index contributed by atoms with van der Waals surface area (Å²) in [5.41, 5.74) is 0.146. The highest BCUT2D eigenvalue weighted by atomic mass is 32.2. The number of carboxylic acids is 1. The summed E-state index contributed by atoms with van der Waals surface area (Å²) in [6, 6.07) is 3.66. The Kier molecular flexibility index (Phi) is 5.27. The largest absolute Gasteiger partial charge is 0.478 e. The Balaban J connectivity index is 3.10. The first-order valence-electron chi connectivity index (χ1n) is 6.18. The lowest BCUT2D eigenvalue weighted by Crippen LogP contribution is -2.35. The third-order valence-electron chi connectivity index (χ3n) is 2.86. The summed E-state index contributed by atoms with van der Waals surface area (Å²) in [6.07, 6.45) is -0.351. The van der Waals surface area contributed by atoms with Crippen molar-refractivity contribution in [3.05, 3.63) is 29.3 Å². The molecule has 0 aliphatic heterocycles. The standard InChI is InChI=1S/C13H19NO5S/c1-8(7-9(2)15)14-20(18,19)12-6-4-5-11(10(12)3)13(16)17/h4-6,8-9,14-15H,7H2,1-3H3,(H,16,17). The molecule has 2 atom stereocenters. The van der Waals surface area contributed by atoms with Crippen LogP contribution >= 0.6 is 0 Å². The Bertz CT molecular complexity index is 595. The molecule has 112 valence electrons. The summed E-state index contributed by atoms with van der Waals surface area (Å²) in [5.74, 6) is -1.17. The van der Waals surface area contributed by atoms with E-state index in [1.165, 1.54) is 25.1 Å². The molecule has 0 amide bonds. The van der Waals surface area contributed by atoms with Crippen molar-refractivity contribution in [3.63, 3.8) is 0 Å². The minimum atomic E-state index is -3.82. The second-order valence-electron chi connectivity index (χ2n) is 4.84. The molecule has 1 aromatic rings. The SMILES string of the molecule is Cc1c(C(=O)O)cccc1S(=O)(=O)NC(C)CC(C)O. The Labute approximate surface area is 118 Å². The van der Waals surface area contributed by atoms with Crippen LogP contribution in [0.2, 0.25) is 0 Å². The molecule has 7 heteroatoms. The van der Waals surface area contributed by atoms with Gasteiger partial charge in [0.1, 0.15) is 0 Å². The highest BCUT2D eigenvalue weighted by Crippen LogP contribution is 2.19. The van der Waals surface area contributed by atoms with E-state index in [2.05, 4.69) is 4.72 Å². The van der Waals surface area contributed by atoms with Crippen molar-refractivity contribution in [1.29, 1.82) is 0 Å². The van der Waals surface area contributed by atoms with Crippen LogP contribution in [0, 0.1) is 6.92 Å². The van der Waals surface area contributed by atoms with Crippen molar-refractivity contribution < 1.29 is 23.4 Å². The lowest BCUT2D eigenvalue weighted by molar-refractivity contribution is 0.0695. The van der Waals surface area contributed by atoms with Gasteiger partial charge in [-0.3, -0.25) is 0 Å². The van der Waals surface area contributed by atoms with Crippen LogP contribution in [-0.4, -0.2) is 36.7 Å². The van der Waals surface area contributed by atoms with Gasteiger partial charge in [0.15, 0.2) is 0 Å². The molecule has 0 bridgehead atoms. The van der Waals surface area contributed by atoms with Gasteiger partial charge >= 0.3 is 5.97 Å². The summed E-state index contributed by atoms with van der Waals surface area (Å²) < 4.78 is 26.9. The van der Waals surface area contributed by atoms with Gasteiger partial charge in [-0.15, -0.1) is 0 Å². The summed E-state index contributed by atoms with van der Waals surface area (Å²) in [6.45, 7) is 4.67. The average Bonchev–Trinajstić information content (AvgIpc) is 2.26. The van der Waals surface area contributed by atoms with E-state index in [4.69, 9.17) is 5.11 Å². The second kappa shape index (κ2) is 6.34. The van der Waals surface area contributed by atoms with E-state index in [0.29, 0.717) is 0 Å². The lowest BCUT2D eigenvalue weighted by atomic mass is 10.1. The number of nitrogens with one attached hydrogen (secondary N) is 1. The van der Waals surface area contributed by atoms with Gasteiger partial charge in [-0.2, -0.15) is 0 Å². The van der Waals surface area contributed by atoms with Crippen LogP contribution in [0.1, 0.15) is 36.2 Å². The summed E-state index contributed by atoms with van der Waals surface area (Å²) in [5, 5.41) is 18.3. The van der Waals surface area contributed by atoms with E-state index in [0.717, 1.165) is 0 Å². The molecule has 1 rings (SSSR count). The van der Waals surface area contributed by atoms with Crippen LogP contribution in [0.3, 0.4) is 0 Å². The number of hydrogen-bond acceptors (Lipinski definition) is 4. The summed E-state index contributed by atoms with van der Waals surface area (Å²) in [7, 11) is -3.82. The Morgan fingerprint density at radius 3 is 2.45 bits per heavy atom. The van der Waals surface area contributed by atoms with Crippen LogP contribution in [0.15, 0.2) is 23.1 Å². The van der Waals surface area contributed by atoms with Gasteiger partial charge in [-0.1, -0.05) is 6.07 Å². The smallest absolute Gasteiger partial charge is 0.335 e. The van der Waals surface area contributed by atoms with E-state index in [9.17, 15) is 18.3 Å². The number of rotatable bonds is 6. The first-order valence-corrected chi connectivity index (χ1v) is 7.66. The highest BCUT2D eigenvalue weighted by Gasteiger charge is 2.22. The van der Waals surface area contributed by atoms with Crippen LogP contribution in [-0.2, 0) is 10.0 Å². The second-order valence-corrected chi connectivity index (χ2v) is 6.52. The molecule has 2 unspecified atom stereocenters. The monoisotopic (exact) mass is 301 g/mol. The van der Waals surface area contributed by atoms with Gasteiger partial charge in [0.05, 0.1) is 16.6 Å². The predicted octanol–water partition coefficient (Wildman–Crippen LogP) is 1.13. The molecular weight excluding hydrogens is 282 g/mol. The number of aliphatic hydroxyl groups is 1. The fraction of sp³-hybridized carbons (Fsp3) is 0.462. The normalized spacial score (nSPS) is 14.8.